The number of carbonyl (C=O) groups is 1. The van der Waals surface area contributed by atoms with Crippen molar-refractivity contribution >= 4 is 11.9 Å². The maximum absolute atomic E-state index is 12.4. The molecule has 0 aliphatic rings. The van der Waals surface area contributed by atoms with Gasteiger partial charge in [-0.05, 0) is 32.9 Å². The number of amides is 1. The lowest BCUT2D eigenvalue weighted by molar-refractivity contribution is 0.0974. The zero-order valence-electron chi connectivity index (χ0n) is 14.2. The molecule has 1 aromatic carbocycles. The Kier molecular flexibility index (Phi) is 8.14. The number of hydrogen-bond acceptors (Lipinski definition) is 6. The molecule has 0 aliphatic heterocycles. The zero-order valence-corrected chi connectivity index (χ0v) is 14.2. The van der Waals surface area contributed by atoms with Crippen LogP contribution in [0.15, 0.2) is 29.9 Å². The summed E-state index contributed by atoms with van der Waals surface area (Å²) in [6.07, 6.45) is 1.25. The molecule has 1 rings (SSSR count). The normalized spacial score (nSPS) is 10.8. The van der Waals surface area contributed by atoms with Gasteiger partial charge < -0.3 is 14.2 Å². The summed E-state index contributed by atoms with van der Waals surface area (Å²) in [5, 5.41) is 2.53. The molecule has 0 atom stereocenters. The van der Waals surface area contributed by atoms with E-state index in [4.69, 9.17) is 20.1 Å². The average molecular weight is 336 g/mol. The van der Waals surface area contributed by atoms with Gasteiger partial charge in [-0.25, -0.2) is 10.8 Å². The molecule has 132 valence electrons. The number of hydrazine groups is 1. The molecule has 0 saturated carbocycles. The van der Waals surface area contributed by atoms with Crippen LogP contribution in [0.1, 0.15) is 31.1 Å². The quantitative estimate of drug-likeness (QED) is 0.288. The minimum absolute atomic E-state index is 0.0693. The van der Waals surface area contributed by atoms with Crippen molar-refractivity contribution in [2.24, 2.45) is 10.8 Å². The Morgan fingerprint density at radius 1 is 1.17 bits per heavy atom. The molecule has 0 aliphatic carbocycles. The van der Waals surface area contributed by atoms with E-state index < -0.39 is 5.91 Å². The molecule has 24 heavy (non-hydrogen) atoms. The van der Waals surface area contributed by atoms with Gasteiger partial charge in [-0.3, -0.25) is 15.5 Å². The number of guanidine groups is 1. The molecule has 1 aromatic rings. The van der Waals surface area contributed by atoms with Gasteiger partial charge in [-0.1, -0.05) is 6.58 Å². The van der Waals surface area contributed by atoms with Crippen molar-refractivity contribution in [3.8, 4) is 17.2 Å². The lowest BCUT2D eigenvalue weighted by atomic mass is 10.1. The van der Waals surface area contributed by atoms with Gasteiger partial charge in [0.05, 0.1) is 19.8 Å². The highest BCUT2D eigenvalue weighted by atomic mass is 16.5. The minimum atomic E-state index is -0.432. The van der Waals surface area contributed by atoms with Crippen LogP contribution in [0.25, 0.3) is 0 Å². The first-order valence-corrected chi connectivity index (χ1v) is 7.64. The summed E-state index contributed by atoms with van der Waals surface area (Å²) in [6.45, 7) is 10.3. The van der Waals surface area contributed by atoms with Crippen molar-refractivity contribution in [1.29, 1.82) is 0 Å². The molecule has 8 nitrogen and oxygen atoms in total. The van der Waals surface area contributed by atoms with E-state index >= 15 is 0 Å². The largest absolute Gasteiger partial charge is 0.490 e. The molecule has 0 unspecified atom stereocenters. The second kappa shape index (κ2) is 10.1. The van der Waals surface area contributed by atoms with Gasteiger partial charge in [0.2, 0.25) is 11.7 Å². The molecule has 4 N–H and O–H groups in total. The third kappa shape index (κ3) is 5.17. The van der Waals surface area contributed by atoms with Crippen LogP contribution >= 0.6 is 0 Å². The maximum Gasteiger partial charge on any atom is 0.258 e. The van der Waals surface area contributed by atoms with Crippen LogP contribution in [0.5, 0.6) is 17.2 Å². The van der Waals surface area contributed by atoms with E-state index in [1.54, 1.807) is 12.1 Å². The summed E-state index contributed by atoms with van der Waals surface area (Å²) in [5.74, 6) is 6.25. The Morgan fingerprint density at radius 3 is 2.12 bits per heavy atom. The number of benzene rings is 1. The fourth-order valence-electron chi connectivity index (χ4n) is 1.90. The van der Waals surface area contributed by atoms with Gasteiger partial charge >= 0.3 is 0 Å². The summed E-state index contributed by atoms with van der Waals surface area (Å²) in [6, 6.07) is 3.16. The van der Waals surface area contributed by atoms with Crippen LogP contribution in [-0.4, -0.2) is 31.7 Å². The van der Waals surface area contributed by atoms with Gasteiger partial charge in [0, 0.05) is 11.8 Å². The van der Waals surface area contributed by atoms with Crippen molar-refractivity contribution in [2.75, 3.05) is 19.8 Å². The van der Waals surface area contributed by atoms with Crippen molar-refractivity contribution in [2.45, 2.75) is 20.8 Å². The lowest BCUT2D eigenvalue weighted by Crippen LogP contribution is -2.44. The van der Waals surface area contributed by atoms with Crippen LogP contribution in [0.2, 0.25) is 0 Å². The highest BCUT2D eigenvalue weighted by Gasteiger charge is 2.19. The third-order valence-corrected chi connectivity index (χ3v) is 2.76. The smallest absolute Gasteiger partial charge is 0.258 e. The molecule has 0 fully saturated rings. The van der Waals surface area contributed by atoms with Crippen LogP contribution in [0, 0.1) is 0 Å². The van der Waals surface area contributed by atoms with Gasteiger partial charge in [-0.15, -0.1) is 0 Å². The number of nitrogens with one attached hydrogen (secondary N) is 2. The summed E-state index contributed by atoms with van der Waals surface area (Å²) in [7, 11) is 0. The average Bonchev–Trinajstić information content (AvgIpc) is 2.57. The standard InChI is InChI=1S/C16H24N4O4/c1-5-18-16(20-17)19-15(21)11-9-12(22-6-2)14(24-8-4)13(10-11)23-7-3/h5,9-10H,1,6-8,17H2,2-4H3,(H2,18,19,20,21). The predicted molar refractivity (Wildman–Crippen MR) is 92.4 cm³/mol. The van der Waals surface area contributed by atoms with E-state index in [1.165, 1.54) is 6.20 Å². The summed E-state index contributed by atoms with van der Waals surface area (Å²) in [5.41, 5.74) is 2.59. The van der Waals surface area contributed by atoms with E-state index in [1.807, 2.05) is 20.8 Å². The number of nitrogens with two attached hydrogens (primary N) is 1. The van der Waals surface area contributed by atoms with E-state index in [-0.39, 0.29) is 5.96 Å². The topological polar surface area (TPSA) is 107 Å². The van der Waals surface area contributed by atoms with Gasteiger partial charge in [0.1, 0.15) is 0 Å². The molecule has 0 radical (unpaired) electrons. The molecule has 0 heterocycles. The highest BCUT2D eigenvalue weighted by Crippen LogP contribution is 2.39. The number of hydrogen-bond donors (Lipinski definition) is 3. The number of carbonyl (C=O) groups excluding carboxylic acids is 1. The molecule has 0 saturated heterocycles. The van der Waals surface area contributed by atoms with Crippen molar-refractivity contribution in [3.63, 3.8) is 0 Å². The summed E-state index contributed by atoms with van der Waals surface area (Å²) in [4.78, 5) is 16.2. The Labute approximate surface area is 141 Å². The first-order valence-electron chi connectivity index (χ1n) is 7.64. The van der Waals surface area contributed by atoms with Gasteiger partial charge in [0.25, 0.3) is 5.91 Å². The fraction of sp³-hybridized carbons (Fsp3) is 0.375. The fourth-order valence-corrected chi connectivity index (χ4v) is 1.90. The number of aliphatic imine (C=N–C) groups is 1. The SMILES string of the molecule is C=CN=C(NN)NC(=O)c1cc(OCC)c(OCC)c(OCC)c1. The van der Waals surface area contributed by atoms with Crippen molar-refractivity contribution in [1.82, 2.24) is 10.7 Å². The first kappa shape index (κ1) is 19.3. The van der Waals surface area contributed by atoms with Gasteiger partial charge in [-0.2, -0.15) is 0 Å². The Bertz CT molecular complexity index is 575. The molecule has 1 amide bonds. The second-order valence-corrected chi connectivity index (χ2v) is 4.36. The van der Waals surface area contributed by atoms with E-state index in [2.05, 4.69) is 22.3 Å². The zero-order chi connectivity index (χ0) is 17.9. The summed E-state index contributed by atoms with van der Waals surface area (Å²) >= 11 is 0. The monoisotopic (exact) mass is 336 g/mol. The minimum Gasteiger partial charge on any atom is -0.490 e. The van der Waals surface area contributed by atoms with E-state index in [0.29, 0.717) is 42.6 Å². The molecule has 0 bridgehead atoms. The number of ether oxygens (including phenoxy) is 3. The maximum atomic E-state index is 12.4. The second-order valence-electron chi connectivity index (χ2n) is 4.36. The van der Waals surface area contributed by atoms with E-state index in [9.17, 15) is 4.79 Å². The Balaban J connectivity index is 3.24. The van der Waals surface area contributed by atoms with Crippen molar-refractivity contribution < 1.29 is 19.0 Å². The molecule has 0 spiro atoms. The first-order chi connectivity index (χ1) is 11.6. The summed E-state index contributed by atoms with van der Waals surface area (Å²) < 4.78 is 16.7. The number of nitrogens with zero attached hydrogens (tertiary/aromatic N) is 1. The van der Waals surface area contributed by atoms with Crippen LogP contribution in [0.4, 0.5) is 0 Å². The van der Waals surface area contributed by atoms with Crippen molar-refractivity contribution in [3.05, 3.63) is 30.5 Å². The van der Waals surface area contributed by atoms with Crippen LogP contribution in [0.3, 0.4) is 0 Å². The molecule has 0 aromatic heterocycles. The number of rotatable bonds is 8. The molecular formula is C16H24N4O4. The molecular weight excluding hydrogens is 312 g/mol. The predicted octanol–water partition coefficient (Wildman–Crippen LogP) is 1.58. The lowest BCUT2D eigenvalue weighted by Gasteiger charge is -2.17. The third-order valence-electron chi connectivity index (χ3n) is 2.76. The Morgan fingerprint density at radius 2 is 1.71 bits per heavy atom. The van der Waals surface area contributed by atoms with Gasteiger partial charge in [0.15, 0.2) is 11.5 Å². The van der Waals surface area contributed by atoms with E-state index in [0.717, 1.165) is 0 Å². The van der Waals surface area contributed by atoms with Crippen LogP contribution in [-0.2, 0) is 0 Å². The highest BCUT2D eigenvalue weighted by molar-refractivity contribution is 6.06. The van der Waals surface area contributed by atoms with Crippen LogP contribution < -0.4 is 30.8 Å². The Hall–Kier alpha value is -2.74. The molecule has 8 heteroatoms.